The molecule has 1 aliphatic heterocycles. The van der Waals surface area contributed by atoms with Crippen LogP contribution in [0.1, 0.15) is 40.2 Å². The quantitative estimate of drug-likeness (QED) is 0.858. The third kappa shape index (κ3) is 3.80. The minimum absolute atomic E-state index is 0.128. The number of amides is 1. The van der Waals surface area contributed by atoms with E-state index in [1.807, 2.05) is 35.2 Å². The van der Waals surface area contributed by atoms with Gasteiger partial charge in [0, 0.05) is 31.7 Å². The molecule has 2 aromatic rings. The number of hydrogen-bond acceptors (Lipinski definition) is 2. The van der Waals surface area contributed by atoms with Crippen LogP contribution in [0.4, 0.5) is 0 Å². The van der Waals surface area contributed by atoms with Gasteiger partial charge in [-0.1, -0.05) is 42.5 Å². The molecule has 1 saturated heterocycles. The van der Waals surface area contributed by atoms with Crippen LogP contribution in [-0.2, 0) is 11.3 Å². The van der Waals surface area contributed by atoms with Gasteiger partial charge in [0.2, 0.25) is 0 Å². The monoisotopic (exact) mass is 309 g/mol. The number of hydrogen-bond donors (Lipinski definition) is 0. The van der Waals surface area contributed by atoms with Crippen molar-refractivity contribution in [2.75, 3.05) is 20.2 Å². The van der Waals surface area contributed by atoms with E-state index in [4.69, 9.17) is 4.74 Å². The Morgan fingerprint density at radius 3 is 2.78 bits per heavy atom. The highest BCUT2D eigenvalue weighted by atomic mass is 16.5. The first-order valence-electron chi connectivity index (χ1n) is 8.20. The summed E-state index contributed by atoms with van der Waals surface area (Å²) in [6, 6.07) is 18.3. The zero-order valence-electron chi connectivity index (χ0n) is 13.6. The molecule has 0 radical (unpaired) electrons. The molecule has 0 aromatic heterocycles. The number of carbonyl (C=O) groups excluding carboxylic acids is 1. The molecule has 1 atom stereocenters. The number of benzene rings is 2. The van der Waals surface area contributed by atoms with Gasteiger partial charge in [-0.05, 0) is 36.1 Å². The van der Waals surface area contributed by atoms with Crippen molar-refractivity contribution in [1.29, 1.82) is 0 Å². The van der Waals surface area contributed by atoms with Crippen LogP contribution in [0.2, 0.25) is 0 Å². The maximum absolute atomic E-state index is 12.8. The van der Waals surface area contributed by atoms with Crippen molar-refractivity contribution >= 4 is 5.91 Å². The molecule has 1 unspecified atom stereocenters. The topological polar surface area (TPSA) is 29.5 Å². The standard InChI is InChI=1S/C20H23NO2/c1-23-15-16-7-5-10-18(13-16)20(22)21-12-6-11-19(14-21)17-8-3-2-4-9-17/h2-5,7-10,13,19H,6,11-12,14-15H2,1H3. The highest BCUT2D eigenvalue weighted by Crippen LogP contribution is 2.27. The van der Waals surface area contributed by atoms with Gasteiger partial charge in [-0.3, -0.25) is 4.79 Å². The van der Waals surface area contributed by atoms with Crippen molar-refractivity contribution in [2.24, 2.45) is 0 Å². The first-order valence-corrected chi connectivity index (χ1v) is 8.20. The summed E-state index contributed by atoms with van der Waals surface area (Å²) in [6.45, 7) is 2.18. The van der Waals surface area contributed by atoms with E-state index in [2.05, 4.69) is 24.3 Å². The number of ether oxygens (including phenoxy) is 1. The van der Waals surface area contributed by atoms with Crippen LogP contribution in [-0.4, -0.2) is 31.0 Å². The van der Waals surface area contributed by atoms with Gasteiger partial charge in [0.1, 0.15) is 0 Å². The summed E-state index contributed by atoms with van der Waals surface area (Å²) < 4.78 is 5.16. The number of likely N-dealkylation sites (tertiary alicyclic amines) is 1. The van der Waals surface area contributed by atoms with E-state index >= 15 is 0 Å². The van der Waals surface area contributed by atoms with Crippen LogP contribution >= 0.6 is 0 Å². The molecule has 0 saturated carbocycles. The molecule has 0 bridgehead atoms. The minimum Gasteiger partial charge on any atom is -0.380 e. The third-order valence-corrected chi connectivity index (χ3v) is 4.46. The Kier molecular flexibility index (Phi) is 5.09. The van der Waals surface area contributed by atoms with Crippen molar-refractivity contribution in [3.05, 3.63) is 71.3 Å². The molecule has 3 nitrogen and oxygen atoms in total. The van der Waals surface area contributed by atoms with Gasteiger partial charge in [-0.15, -0.1) is 0 Å². The lowest BCUT2D eigenvalue weighted by Gasteiger charge is -2.33. The van der Waals surface area contributed by atoms with Crippen LogP contribution in [0.25, 0.3) is 0 Å². The molecule has 1 heterocycles. The molecule has 1 amide bonds. The van der Waals surface area contributed by atoms with E-state index in [1.54, 1.807) is 7.11 Å². The second-order valence-electron chi connectivity index (χ2n) is 6.13. The van der Waals surface area contributed by atoms with Crippen LogP contribution in [0.5, 0.6) is 0 Å². The fraction of sp³-hybridized carbons (Fsp3) is 0.350. The lowest BCUT2D eigenvalue weighted by molar-refractivity contribution is 0.0707. The summed E-state index contributed by atoms with van der Waals surface area (Å²) in [6.07, 6.45) is 2.21. The third-order valence-electron chi connectivity index (χ3n) is 4.46. The molecular formula is C20H23NO2. The summed E-state index contributed by atoms with van der Waals surface area (Å²) >= 11 is 0. The van der Waals surface area contributed by atoms with Crippen LogP contribution in [0.3, 0.4) is 0 Å². The summed E-state index contributed by atoms with van der Waals surface area (Å²) in [7, 11) is 1.67. The second kappa shape index (κ2) is 7.42. The molecule has 2 aromatic carbocycles. The molecule has 0 spiro atoms. The number of nitrogens with zero attached hydrogens (tertiary/aromatic N) is 1. The van der Waals surface area contributed by atoms with E-state index < -0.39 is 0 Å². The molecule has 0 N–H and O–H groups in total. The highest BCUT2D eigenvalue weighted by molar-refractivity contribution is 5.94. The van der Waals surface area contributed by atoms with E-state index in [0.29, 0.717) is 12.5 Å². The Morgan fingerprint density at radius 1 is 1.17 bits per heavy atom. The maximum atomic E-state index is 12.8. The molecule has 0 aliphatic carbocycles. The Bertz CT molecular complexity index is 654. The van der Waals surface area contributed by atoms with Gasteiger partial charge in [0.25, 0.3) is 5.91 Å². The van der Waals surface area contributed by atoms with Crippen molar-refractivity contribution in [3.63, 3.8) is 0 Å². The van der Waals surface area contributed by atoms with Crippen LogP contribution in [0.15, 0.2) is 54.6 Å². The zero-order chi connectivity index (χ0) is 16.1. The van der Waals surface area contributed by atoms with E-state index in [1.165, 1.54) is 5.56 Å². The zero-order valence-corrected chi connectivity index (χ0v) is 13.6. The molecule has 1 aliphatic rings. The fourth-order valence-electron chi connectivity index (χ4n) is 3.30. The van der Waals surface area contributed by atoms with Crippen LogP contribution < -0.4 is 0 Å². The molecule has 1 fully saturated rings. The average Bonchev–Trinajstić information content (AvgIpc) is 2.62. The first-order chi connectivity index (χ1) is 11.3. The molecule has 120 valence electrons. The van der Waals surface area contributed by atoms with E-state index in [9.17, 15) is 4.79 Å². The van der Waals surface area contributed by atoms with Gasteiger partial charge in [-0.25, -0.2) is 0 Å². The Balaban J connectivity index is 1.73. The Morgan fingerprint density at radius 2 is 2.00 bits per heavy atom. The Labute approximate surface area is 137 Å². The van der Waals surface area contributed by atoms with Crippen molar-refractivity contribution in [3.8, 4) is 0 Å². The smallest absolute Gasteiger partial charge is 0.253 e. The largest absolute Gasteiger partial charge is 0.380 e. The fourth-order valence-corrected chi connectivity index (χ4v) is 3.30. The number of rotatable bonds is 4. The number of methoxy groups -OCH3 is 1. The predicted octanol–water partition coefficient (Wildman–Crippen LogP) is 3.85. The second-order valence-corrected chi connectivity index (χ2v) is 6.13. The van der Waals surface area contributed by atoms with Gasteiger partial charge >= 0.3 is 0 Å². The van der Waals surface area contributed by atoms with E-state index in [-0.39, 0.29) is 5.91 Å². The van der Waals surface area contributed by atoms with Crippen molar-refractivity contribution in [1.82, 2.24) is 4.90 Å². The molecular weight excluding hydrogens is 286 g/mol. The molecule has 3 heteroatoms. The van der Waals surface area contributed by atoms with Gasteiger partial charge in [0.15, 0.2) is 0 Å². The number of piperidine rings is 1. The van der Waals surface area contributed by atoms with Crippen molar-refractivity contribution in [2.45, 2.75) is 25.4 Å². The summed E-state index contributed by atoms with van der Waals surface area (Å²) in [5, 5.41) is 0. The summed E-state index contributed by atoms with van der Waals surface area (Å²) in [4.78, 5) is 14.8. The lowest BCUT2D eigenvalue weighted by atomic mass is 9.90. The molecule has 23 heavy (non-hydrogen) atoms. The first kappa shape index (κ1) is 15.8. The summed E-state index contributed by atoms with van der Waals surface area (Å²) in [5.74, 6) is 0.569. The minimum atomic E-state index is 0.128. The predicted molar refractivity (Wildman–Crippen MR) is 91.5 cm³/mol. The van der Waals surface area contributed by atoms with Gasteiger partial charge < -0.3 is 9.64 Å². The average molecular weight is 309 g/mol. The highest BCUT2D eigenvalue weighted by Gasteiger charge is 2.25. The normalized spacial score (nSPS) is 18.0. The van der Waals surface area contributed by atoms with Gasteiger partial charge in [-0.2, -0.15) is 0 Å². The van der Waals surface area contributed by atoms with Gasteiger partial charge in [0.05, 0.1) is 6.61 Å². The molecule has 3 rings (SSSR count). The number of carbonyl (C=O) groups is 1. The summed E-state index contributed by atoms with van der Waals surface area (Å²) in [5.41, 5.74) is 3.13. The van der Waals surface area contributed by atoms with E-state index in [0.717, 1.165) is 37.1 Å². The van der Waals surface area contributed by atoms with Crippen molar-refractivity contribution < 1.29 is 9.53 Å². The lowest BCUT2D eigenvalue weighted by Crippen LogP contribution is -2.39. The Hall–Kier alpha value is -2.13. The van der Waals surface area contributed by atoms with Crippen LogP contribution in [0, 0.1) is 0 Å². The maximum Gasteiger partial charge on any atom is 0.253 e. The SMILES string of the molecule is COCc1cccc(C(=O)N2CCCC(c3ccccc3)C2)c1.